The minimum atomic E-state index is -0.0232. The van der Waals surface area contributed by atoms with Crippen LogP contribution in [0.1, 0.15) is 12.5 Å². The standard InChI is InChI=1S/C11H20N4O2/c1-3-15-9-10(7-14-15)6-12-8-11(16)13-4-5-17-2/h7,9,12H,3-6,8H2,1-2H3,(H,13,16). The van der Waals surface area contributed by atoms with Crippen LogP contribution in [-0.4, -0.2) is 42.5 Å². The zero-order chi connectivity index (χ0) is 12.5. The Bertz CT molecular complexity index is 338. The summed E-state index contributed by atoms with van der Waals surface area (Å²) >= 11 is 0. The number of nitrogens with zero attached hydrogens (tertiary/aromatic N) is 2. The maximum atomic E-state index is 11.3. The van der Waals surface area contributed by atoms with Gasteiger partial charge in [-0.3, -0.25) is 9.48 Å². The molecule has 0 aliphatic rings. The first-order valence-corrected chi connectivity index (χ1v) is 5.74. The number of aromatic nitrogens is 2. The Hall–Kier alpha value is -1.40. The number of rotatable bonds is 8. The second-order valence-electron chi connectivity index (χ2n) is 3.65. The molecule has 0 saturated heterocycles. The summed E-state index contributed by atoms with van der Waals surface area (Å²) in [6.07, 6.45) is 3.77. The van der Waals surface area contributed by atoms with Crippen LogP contribution in [-0.2, 0) is 22.6 Å². The number of ether oxygens (including phenoxy) is 1. The number of hydrogen-bond donors (Lipinski definition) is 2. The molecule has 6 nitrogen and oxygen atoms in total. The second-order valence-corrected chi connectivity index (χ2v) is 3.65. The molecule has 1 aromatic rings. The largest absolute Gasteiger partial charge is 0.383 e. The number of hydrogen-bond acceptors (Lipinski definition) is 4. The Balaban J connectivity index is 2.12. The maximum absolute atomic E-state index is 11.3. The van der Waals surface area contributed by atoms with E-state index in [0.29, 0.717) is 26.2 Å². The minimum absolute atomic E-state index is 0.0232. The van der Waals surface area contributed by atoms with Crippen LogP contribution >= 0.6 is 0 Å². The second kappa shape index (κ2) is 7.81. The van der Waals surface area contributed by atoms with E-state index in [2.05, 4.69) is 15.7 Å². The predicted octanol–water partition coefficient (Wildman–Crippen LogP) is -0.245. The molecule has 2 N–H and O–H groups in total. The van der Waals surface area contributed by atoms with Gasteiger partial charge in [-0.1, -0.05) is 0 Å². The normalized spacial score (nSPS) is 10.5. The summed E-state index contributed by atoms with van der Waals surface area (Å²) in [5.74, 6) is -0.0232. The Morgan fingerprint density at radius 3 is 3.06 bits per heavy atom. The lowest BCUT2D eigenvalue weighted by atomic mass is 10.3. The number of aryl methyl sites for hydroxylation is 1. The Morgan fingerprint density at radius 2 is 2.41 bits per heavy atom. The summed E-state index contributed by atoms with van der Waals surface area (Å²) in [6, 6.07) is 0. The van der Waals surface area contributed by atoms with Gasteiger partial charge in [-0.15, -0.1) is 0 Å². The van der Waals surface area contributed by atoms with E-state index in [1.54, 1.807) is 13.3 Å². The average Bonchev–Trinajstić information content (AvgIpc) is 2.77. The Kier molecular flexibility index (Phi) is 6.27. The monoisotopic (exact) mass is 240 g/mol. The lowest BCUT2D eigenvalue weighted by Gasteiger charge is -2.05. The lowest BCUT2D eigenvalue weighted by molar-refractivity contribution is -0.120. The van der Waals surface area contributed by atoms with E-state index >= 15 is 0 Å². The van der Waals surface area contributed by atoms with Crippen molar-refractivity contribution in [3.63, 3.8) is 0 Å². The van der Waals surface area contributed by atoms with E-state index in [0.717, 1.165) is 12.1 Å². The number of nitrogens with one attached hydrogen (secondary N) is 2. The highest BCUT2D eigenvalue weighted by molar-refractivity contribution is 5.77. The van der Waals surface area contributed by atoms with E-state index in [9.17, 15) is 4.79 Å². The third-order valence-corrected chi connectivity index (χ3v) is 2.25. The molecule has 1 amide bonds. The molecule has 17 heavy (non-hydrogen) atoms. The van der Waals surface area contributed by atoms with Gasteiger partial charge in [0.25, 0.3) is 0 Å². The molecule has 0 unspecified atom stereocenters. The number of methoxy groups -OCH3 is 1. The van der Waals surface area contributed by atoms with Gasteiger partial charge in [-0.2, -0.15) is 5.10 Å². The van der Waals surface area contributed by atoms with Gasteiger partial charge < -0.3 is 15.4 Å². The van der Waals surface area contributed by atoms with Crippen LogP contribution in [0.3, 0.4) is 0 Å². The summed E-state index contributed by atoms with van der Waals surface area (Å²) in [5.41, 5.74) is 1.08. The molecule has 0 aliphatic heterocycles. The minimum Gasteiger partial charge on any atom is -0.383 e. The number of amides is 1. The summed E-state index contributed by atoms with van der Waals surface area (Å²) in [5, 5.41) is 9.95. The first-order valence-electron chi connectivity index (χ1n) is 5.74. The molecule has 0 radical (unpaired) electrons. The molecular formula is C11H20N4O2. The molecule has 0 atom stereocenters. The van der Waals surface area contributed by atoms with Crippen LogP contribution in [0.15, 0.2) is 12.4 Å². The van der Waals surface area contributed by atoms with Gasteiger partial charge in [0.05, 0.1) is 19.3 Å². The van der Waals surface area contributed by atoms with Gasteiger partial charge in [0.2, 0.25) is 5.91 Å². The quantitative estimate of drug-likeness (QED) is 0.615. The molecule has 1 heterocycles. The Morgan fingerprint density at radius 1 is 1.59 bits per heavy atom. The Labute approximate surface area is 101 Å². The summed E-state index contributed by atoms with van der Waals surface area (Å²) in [6.45, 7) is 4.93. The van der Waals surface area contributed by atoms with Gasteiger partial charge in [0.1, 0.15) is 0 Å². The fourth-order valence-electron chi connectivity index (χ4n) is 1.35. The van der Waals surface area contributed by atoms with Crippen molar-refractivity contribution in [1.29, 1.82) is 0 Å². The van der Waals surface area contributed by atoms with E-state index < -0.39 is 0 Å². The first kappa shape index (κ1) is 13.7. The van der Waals surface area contributed by atoms with Crippen LogP contribution in [0.5, 0.6) is 0 Å². The smallest absolute Gasteiger partial charge is 0.234 e. The third-order valence-electron chi connectivity index (χ3n) is 2.25. The zero-order valence-electron chi connectivity index (χ0n) is 10.4. The van der Waals surface area contributed by atoms with E-state index in [1.165, 1.54) is 0 Å². The van der Waals surface area contributed by atoms with Crippen LogP contribution in [0.4, 0.5) is 0 Å². The molecule has 1 aromatic heterocycles. The van der Waals surface area contributed by atoms with Crippen LogP contribution in [0.2, 0.25) is 0 Å². The maximum Gasteiger partial charge on any atom is 0.234 e. The van der Waals surface area contributed by atoms with Crippen molar-refractivity contribution in [2.45, 2.75) is 20.0 Å². The first-order chi connectivity index (χ1) is 8.26. The molecule has 96 valence electrons. The van der Waals surface area contributed by atoms with Crippen molar-refractivity contribution >= 4 is 5.91 Å². The van der Waals surface area contributed by atoms with Crippen molar-refractivity contribution < 1.29 is 9.53 Å². The highest BCUT2D eigenvalue weighted by Gasteiger charge is 2.01. The van der Waals surface area contributed by atoms with Gasteiger partial charge in [-0.05, 0) is 6.92 Å². The molecule has 6 heteroatoms. The van der Waals surface area contributed by atoms with E-state index in [-0.39, 0.29) is 5.91 Å². The van der Waals surface area contributed by atoms with Gasteiger partial charge in [-0.25, -0.2) is 0 Å². The van der Waals surface area contributed by atoms with Gasteiger partial charge in [0, 0.05) is 38.5 Å². The fraction of sp³-hybridized carbons (Fsp3) is 0.636. The molecule has 0 spiro atoms. The predicted molar refractivity (Wildman–Crippen MR) is 64.5 cm³/mol. The van der Waals surface area contributed by atoms with Crippen molar-refractivity contribution in [3.05, 3.63) is 18.0 Å². The van der Waals surface area contributed by atoms with Crippen molar-refractivity contribution in [2.75, 3.05) is 26.8 Å². The molecule has 0 saturated carbocycles. The third kappa shape index (κ3) is 5.46. The van der Waals surface area contributed by atoms with Crippen molar-refractivity contribution in [3.8, 4) is 0 Å². The highest BCUT2D eigenvalue weighted by atomic mass is 16.5. The molecular weight excluding hydrogens is 220 g/mol. The zero-order valence-corrected chi connectivity index (χ0v) is 10.4. The molecule has 1 rings (SSSR count). The summed E-state index contributed by atoms with van der Waals surface area (Å²) < 4.78 is 6.69. The van der Waals surface area contributed by atoms with Gasteiger partial charge >= 0.3 is 0 Å². The average molecular weight is 240 g/mol. The van der Waals surface area contributed by atoms with Crippen LogP contribution in [0.25, 0.3) is 0 Å². The fourth-order valence-corrected chi connectivity index (χ4v) is 1.35. The molecule has 0 bridgehead atoms. The van der Waals surface area contributed by atoms with E-state index in [1.807, 2.05) is 17.8 Å². The summed E-state index contributed by atoms with van der Waals surface area (Å²) in [7, 11) is 1.61. The SMILES string of the molecule is CCn1cc(CNCC(=O)NCCOC)cn1. The summed E-state index contributed by atoms with van der Waals surface area (Å²) in [4.78, 5) is 11.3. The number of carbonyl (C=O) groups is 1. The topological polar surface area (TPSA) is 68.2 Å². The van der Waals surface area contributed by atoms with Crippen molar-refractivity contribution in [2.24, 2.45) is 0 Å². The molecule has 0 aliphatic carbocycles. The molecule has 0 fully saturated rings. The van der Waals surface area contributed by atoms with E-state index in [4.69, 9.17) is 4.74 Å². The molecule has 0 aromatic carbocycles. The number of carbonyl (C=O) groups excluding carboxylic acids is 1. The van der Waals surface area contributed by atoms with Crippen LogP contribution < -0.4 is 10.6 Å². The lowest BCUT2D eigenvalue weighted by Crippen LogP contribution is -2.35. The van der Waals surface area contributed by atoms with Crippen molar-refractivity contribution in [1.82, 2.24) is 20.4 Å². The van der Waals surface area contributed by atoms with Crippen LogP contribution in [0, 0.1) is 0 Å². The highest BCUT2D eigenvalue weighted by Crippen LogP contribution is 1.96. The van der Waals surface area contributed by atoms with Gasteiger partial charge in [0.15, 0.2) is 0 Å².